The molecule has 2 heteroatoms. The molecule has 0 saturated carbocycles. The molecule has 0 aliphatic rings. The zero-order valence-corrected chi connectivity index (χ0v) is 11.6. The predicted octanol–water partition coefficient (Wildman–Crippen LogP) is 4.30. The van der Waals surface area contributed by atoms with Crippen LogP contribution in [0.5, 0.6) is 5.75 Å². The molecule has 0 saturated heterocycles. The van der Waals surface area contributed by atoms with Crippen molar-refractivity contribution in [3.63, 3.8) is 0 Å². The predicted molar refractivity (Wildman–Crippen MR) is 70.7 cm³/mol. The molecule has 1 atom stereocenters. The summed E-state index contributed by atoms with van der Waals surface area (Å²) in [5.74, 6) is 0.913. The van der Waals surface area contributed by atoms with E-state index in [1.807, 2.05) is 13.0 Å². The van der Waals surface area contributed by atoms with Crippen LogP contribution in [0.1, 0.15) is 38.3 Å². The maximum Gasteiger partial charge on any atom is 0.119 e. The Kier molecular flexibility index (Phi) is 4.26. The standard InChI is InChI=1S/C14H21ClO/c1-10-8-12(16-5)6-7-13(10)14(3,4)9-11(2)15/h6-8,11H,9H2,1-5H3. The van der Waals surface area contributed by atoms with Gasteiger partial charge in [-0.3, -0.25) is 0 Å². The molecule has 0 aromatic heterocycles. The van der Waals surface area contributed by atoms with Gasteiger partial charge in [0.25, 0.3) is 0 Å². The molecule has 1 rings (SSSR count). The highest BCUT2D eigenvalue weighted by Crippen LogP contribution is 2.33. The van der Waals surface area contributed by atoms with Gasteiger partial charge in [-0.15, -0.1) is 11.6 Å². The number of ether oxygens (including phenoxy) is 1. The molecule has 0 aliphatic carbocycles. The molecule has 0 heterocycles. The molecule has 0 N–H and O–H groups in total. The number of methoxy groups -OCH3 is 1. The van der Waals surface area contributed by atoms with Gasteiger partial charge in [-0.05, 0) is 48.9 Å². The molecule has 0 spiro atoms. The van der Waals surface area contributed by atoms with Crippen LogP contribution in [0.2, 0.25) is 0 Å². The molecule has 90 valence electrons. The van der Waals surface area contributed by atoms with E-state index in [2.05, 4.69) is 32.9 Å². The van der Waals surface area contributed by atoms with Crippen LogP contribution >= 0.6 is 11.6 Å². The van der Waals surface area contributed by atoms with Crippen LogP contribution in [0.4, 0.5) is 0 Å². The second kappa shape index (κ2) is 5.09. The Bertz CT molecular complexity index is 356. The summed E-state index contributed by atoms with van der Waals surface area (Å²) in [7, 11) is 1.69. The van der Waals surface area contributed by atoms with Crippen LogP contribution in [0, 0.1) is 6.92 Å². The minimum Gasteiger partial charge on any atom is -0.497 e. The fourth-order valence-corrected chi connectivity index (χ4v) is 2.72. The van der Waals surface area contributed by atoms with E-state index in [0.717, 1.165) is 12.2 Å². The first kappa shape index (κ1) is 13.4. The smallest absolute Gasteiger partial charge is 0.119 e. The van der Waals surface area contributed by atoms with Crippen LogP contribution in [0.3, 0.4) is 0 Å². The monoisotopic (exact) mass is 240 g/mol. The summed E-state index contributed by atoms with van der Waals surface area (Å²) in [5.41, 5.74) is 2.72. The molecule has 0 fully saturated rings. The van der Waals surface area contributed by atoms with Gasteiger partial charge in [0, 0.05) is 5.38 Å². The van der Waals surface area contributed by atoms with E-state index in [9.17, 15) is 0 Å². The van der Waals surface area contributed by atoms with Crippen LogP contribution in [0.25, 0.3) is 0 Å². The second-order valence-electron chi connectivity index (χ2n) is 5.05. The minimum atomic E-state index is 0.109. The molecular formula is C14H21ClO. The molecule has 16 heavy (non-hydrogen) atoms. The van der Waals surface area contributed by atoms with E-state index in [4.69, 9.17) is 16.3 Å². The lowest BCUT2D eigenvalue weighted by Gasteiger charge is -2.28. The summed E-state index contributed by atoms with van der Waals surface area (Å²) in [4.78, 5) is 0. The van der Waals surface area contributed by atoms with Crippen molar-refractivity contribution in [2.45, 2.75) is 44.9 Å². The first-order valence-electron chi connectivity index (χ1n) is 5.66. The number of benzene rings is 1. The topological polar surface area (TPSA) is 9.23 Å². The number of rotatable bonds is 4. The van der Waals surface area contributed by atoms with Crippen molar-refractivity contribution >= 4 is 11.6 Å². The Balaban J connectivity index is 3.03. The van der Waals surface area contributed by atoms with Crippen molar-refractivity contribution in [2.24, 2.45) is 0 Å². The first-order chi connectivity index (χ1) is 7.36. The molecule has 0 radical (unpaired) electrons. The van der Waals surface area contributed by atoms with Gasteiger partial charge in [0.15, 0.2) is 0 Å². The maximum absolute atomic E-state index is 6.10. The van der Waals surface area contributed by atoms with E-state index in [-0.39, 0.29) is 10.8 Å². The van der Waals surface area contributed by atoms with Crippen molar-refractivity contribution in [1.29, 1.82) is 0 Å². The number of alkyl halides is 1. The molecule has 1 unspecified atom stereocenters. The van der Waals surface area contributed by atoms with Gasteiger partial charge in [0.2, 0.25) is 0 Å². The molecule has 1 aromatic carbocycles. The molecule has 0 bridgehead atoms. The normalized spacial score (nSPS) is 13.6. The highest BCUT2D eigenvalue weighted by Gasteiger charge is 2.24. The zero-order chi connectivity index (χ0) is 12.3. The Labute approximate surface area is 104 Å². The Morgan fingerprint density at radius 3 is 2.44 bits per heavy atom. The van der Waals surface area contributed by atoms with Crippen molar-refractivity contribution in [3.8, 4) is 5.75 Å². The number of hydrogen-bond donors (Lipinski definition) is 0. The fourth-order valence-electron chi connectivity index (χ4n) is 2.34. The van der Waals surface area contributed by atoms with E-state index in [1.165, 1.54) is 11.1 Å². The van der Waals surface area contributed by atoms with Crippen molar-refractivity contribution in [3.05, 3.63) is 29.3 Å². The van der Waals surface area contributed by atoms with Crippen molar-refractivity contribution in [1.82, 2.24) is 0 Å². The quantitative estimate of drug-likeness (QED) is 0.713. The first-order valence-corrected chi connectivity index (χ1v) is 6.09. The molecule has 1 nitrogen and oxygen atoms in total. The average molecular weight is 241 g/mol. The summed E-state index contributed by atoms with van der Waals surface area (Å²) in [5, 5.41) is 0.191. The van der Waals surface area contributed by atoms with Crippen LogP contribution < -0.4 is 4.74 Å². The summed E-state index contributed by atoms with van der Waals surface area (Å²) >= 11 is 6.10. The third-order valence-corrected chi connectivity index (χ3v) is 3.11. The lowest BCUT2D eigenvalue weighted by Crippen LogP contribution is -2.22. The van der Waals surface area contributed by atoms with Crippen molar-refractivity contribution < 1.29 is 4.74 Å². The molecule has 0 amide bonds. The van der Waals surface area contributed by atoms with Crippen LogP contribution in [0.15, 0.2) is 18.2 Å². The summed E-state index contributed by atoms with van der Waals surface area (Å²) in [6, 6.07) is 6.24. The number of aryl methyl sites for hydroxylation is 1. The summed E-state index contributed by atoms with van der Waals surface area (Å²) in [6.45, 7) is 8.64. The Hall–Kier alpha value is -0.690. The lowest BCUT2D eigenvalue weighted by atomic mass is 9.78. The van der Waals surface area contributed by atoms with Crippen LogP contribution in [-0.2, 0) is 5.41 Å². The maximum atomic E-state index is 6.10. The van der Waals surface area contributed by atoms with Gasteiger partial charge in [-0.25, -0.2) is 0 Å². The largest absolute Gasteiger partial charge is 0.497 e. The van der Waals surface area contributed by atoms with Gasteiger partial charge in [-0.1, -0.05) is 19.9 Å². The van der Waals surface area contributed by atoms with Crippen molar-refractivity contribution in [2.75, 3.05) is 7.11 Å². The second-order valence-corrected chi connectivity index (χ2v) is 5.79. The molecular weight excluding hydrogens is 220 g/mol. The SMILES string of the molecule is COc1ccc(C(C)(C)CC(C)Cl)c(C)c1. The molecule has 0 aliphatic heterocycles. The fraction of sp³-hybridized carbons (Fsp3) is 0.571. The Morgan fingerprint density at radius 2 is 2.00 bits per heavy atom. The summed E-state index contributed by atoms with van der Waals surface area (Å²) < 4.78 is 5.22. The van der Waals surface area contributed by atoms with Gasteiger partial charge in [0.05, 0.1) is 7.11 Å². The zero-order valence-electron chi connectivity index (χ0n) is 10.8. The average Bonchev–Trinajstić information content (AvgIpc) is 2.14. The van der Waals surface area contributed by atoms with Gasteiger partial charge in [-0.2, -0.15) is 0 Å². The van der Waals surface area contributed by atoms with E-state index < -0.39 is 0 Å². The highest BCUT2D eigenvalue weighted by molar-refractivity contribution is 6.20. The third-order valence-electron chi connectivity index (χ3n) is 2.95. The Morgan fingerprint density at radius 1 is 1.38 bits per heavy atom. The molecule has 1 aromatic rings. The summed E-state index contributed by atoms with van der Waals surface area (Å²) in [6.07, 6.45) is 0.974. The highest BCUT2D eigenvalue weighted by atomic mass is 35.5. The lowest BCUT2D eigenvalue weighted by molar-refractivity contribution is 0.412. The van der Waals surface area contributed by atoms with Gasteiger partial charge in [0.1, 0.15) is 5.75 Å². The van der Waals surface area contributed by atoms with E-state index in [1.54, 1.807) is 7.11 Å². The van der Waals surface area contributed by atoms with E-state index in [0.29, 0.717) is 0 Å². The van der Waals surface area contributed by atoms with Gasteiger partial charge < -0.3 is 4.74 Å². The number of hydrogen-bond acceptors (Lipinski definition) is 1. The van der Waals surface area contributed by atoms with E-state index >= 15 is 0 Å². The minimum absolute atomic E-state index is 0.109. The van der Waals surface area contributed by atoms with Gasteiger partial charge >= 0.3 is 0 Å². The number of halogens is 1. The van der Waals surface area contributed by atoms with Crippen LogP contribution in [-0.4, -0.2) is 12.5 Å². The third kappa shape index (κ3) is 3.15.